The second-order valence-corrected chi connectivity index (χ2v) is 4.23. The van der Waals surface area contributed by atoms with E-state index in [4.69, 9.17) is 0 Å². The van der Waals surface area contributed by atoms with Gasteiger partial charge in [0.2, 0.25) is 0 Å². The summed E-state index contributed by atoms with van der Waals surface area (Å²) < 4.78 is 0. The first-order chi connectivity index (χ1) is 6.13. The predicted molar refractivity (Wildman–Crippen MR) is 62.0 cm³/mol. The summed E-state index contributed by atoms with van der Waals surface area (Å²) in [6.45, 7) is 11.5. The minimum Gasteiger partial charge on any atom is -0.0741 e. The van der Waals surface area contributed by atoms with Gasteiger partial charge in [-0.25, -0.2) is 0 Å². The molecule has 0 aliphatic heterocycles. The molecule has 13 heavy (non-hydrogen) atoms. The Bertz CT molecular complexity index is 153. The predicted octanol–water partition coefficient (Wildman–Crippen LogP) is 4.95. The van der Waals surface area contributed by atoms with Crippen molar-refractivity contribution >= 4 is 0 Å². The molecule has 1 atom stereocenters. The van der Waals surface area contributed by atoms with E-state index in [9.17, 15) is 0 Å². The quantitative estimate of drug-likeness (QED) is 0.403. The third kappa shape index (κ3) is 5.13. The maximum absolute atomic E-state index is 2.33. The van der Waals surface area contributed by atoms with Gasteiger partial charge < -0.3 is 0 Å². The van der Waals surface area contributed by atoms with E-state index in [0.717, 1.165) is 5.92 Å². The summed E-state index contributed by atoms with van der Waals surface area (Å²) >= 11 is 0. The van der Waals surface area contributed by atoms with Crippen molar-refractivity contribution in [1.82, 2.24) is 0 Å². The van der Waals surface area contributed by atoms with Crippen LogP contribution in [0.4, 0.5) is 0 Å². The lowest BCUT2D eigenvalue weighted by atomic mass is 9.93. The van der Waals surface area contributed by atoms with Crippen LogP contribution in [0.15, 0.2) is 11.1 Å². The van der Waals surface area contributed by atoms with Crippen molar-refractivity contribution < 1.29 is 0 Å². The summed E-state index contributed by atoms with van der Waals surface area (Å²) in [6, 6.07) is 0. The van der Waals surface area contributed by atoms with Crippen molar-refractivity contribution in [2.75, 3.05) is 0 Å². The van der Waals surface area contributed by atoms with Crippen LogP contribution in [0.2, 0.25) is 0 Å². The highest BCUT2D eigenvalue weighted by Crippen LogP contribution is 2.21. The van der Waals surface area contributed by atoms with E-state index in [0.29, 0.717) is 0 Å². The van der Waals surface area contributed by atoms with Gasteiger partial charge >= 0.3 is 0 Å². The highest BCUT2D eigenvalue weighted by Gasteiger charge is 2.04. The van der Waals surface area contributed by atoms with Gasteiger partial charge in [0, 0.05) is 0 Å². The number of rotatable bonds is 6. The SMILES string of the molecule is CCCCCC(C)=C(C)C(C)CC. The van der Waals surface area contributed by atoms with Crippen molar-refractivity contribution in [3.05, 3.63) is 11.1 Å². The molecule has 0 aromatic carbocycles. The molecule has 0 bridgehead atoms. The zero-order valence-corrected chi connectivity index (χ0v) is 10.1. The molecule has 0 amide bonds. The summed E-state index contributed by atoms with van der Waals surface area (Å²) in [4.78, 5) is 0. The molecule has 0 saturated carbocycles. The van der Waals surface area contributed by atoms with Crippen molar-refractivity contribution in [2.45, 2.75) is 66.7 Å². The molecule has 0 fully saturated rings. The van der Waals surface area contributed by atoms with E-state index in [1.54, 1.807) is 11.1 Å². The number of hydrogen-bond donors (Lipinski definition) is 0. The monoisotopic (exact) mass is 182 g/mol. The molecule has 78 valence electrons. The van der Waals surface area contributed by atoms with Gasteiger partial charge in [-0.15, -0.1) is 0 Å². The molecule has 0 heterocycles. The van der Waals surface area contributed by atoms with Crippen LogP contribution in [0.5, 0.6) is 0 Å². The molecule has 0 spiro atoms. The number of hydrogen-bond acceptors (Lipinski definition) is 0. The zero-order valence-electron chi connectivity index (χ0n) is 10.1. The normalized spacial score (nSPS) is 15.5. The second-order valence-electron chi connectivity index (χ2n) is 4.23. The largest absolute Gasteiger partial charge is 0.0741 e. The number of unbranched alkanes of at least 4 members (excludes halogenated alkanes) is 2. The van der Waals surface area contributed by atoms with E-state index in [2.05, 4.69) is 34.6 Å². The minimum absolute atomic E-state index is 0.779. The van der Waals surface area contributed by atoms with Gasteiger partial charge in [0.25, 0.3) is 0 Å². The minimum atomic E-state index is 0.779. The average Bonchev–Trinajstić information content (AvgIpc) is 2.15. The van der Waals surface area contributed by atoms with Crippen molar-refractivity contribution in [2.24, 2.45) is 5.92 Å². The lowest BCUT2D eigenvalue weighted by molar-refractivity contribution is 0.632. The highest BCUT2D eigenvalue weighted by molar-refractivity contribution is 5.11. The van der Waals surface area contributed by atoms with E-state index in [1.165, 1.54) is 32.1 Å². The standard InChI is InChI=1S/C13H26/c1-6-8-9-10-12(4)13(5)11(3)7-2/h11H,6-10H2,1-5H3. The first-order valence-corrected chi connectivity index (χ1v) is 5.79. The Balaban J connectivity index is 3.95. The zero-order chi connectivity index (χ0) is 10.3. The fourth-order valence-corrected chi connectivity index (χ4v) is 1.56. The fraction of sp³-hybridized carbons (Fsp3) is 0.846. The first-order valence-electron chi connectivity index (χ1n) is 5.79. The van der Waals surface area contributed by atoms with Crippen LogP contribution < -0.4 is 0 Å². The van der Waals surface area contributed by atoms with Gasteiger partial charge in [0.1, 0.15) is 0 Å². The van der Waals surface area contributed by atoms with Crippen LogP contribution in [0.1, 0.15) is 66.7 Å². The summed E-state index contributed by atoms with van der Waals surface area (Å²) in [5, 5.41) is 0. The topological polar surface area (TPSA) is 0 Å². The third-order valence-electron chi connectivity index (χ3n) is 3.18. The van der Waals surface area contributed by atoms with Crippen molar-refractivity contribution in [3.63, 3.8) is 0 Å². The Kier molecular flexibility index (Phi) is 7.03. The van der Waals surface area contributed by atoms with Gasteiger partial charge in [0.05, 0.1) is 0 Å². The molecule has 0 aromatic rings. The van der Waals surface area contributed by atoms with Crippen LogP contribution in [-0.2, 0) is 0 Å². The Labute approximate surface area is 84.4 Å². The molecular formula is C13H26. The van der Waals surface area contributed by atoms with E-state index in [-0.39, 0.29) is 0 Å². The van der Waals surface area contributed by atoms with Gasteiger partial charge in [0.15, 0.2) is 0 Å². The van der Waals surface area contributed by atoms with Crippen LogP contribution in [0, 0.1) is 5.92 Å². The smallest absolute Gasteiger partial charge is 0.0234 e. The Morgan fingerprint density at radius 1 is 1.08 bits per heavy atom. The van der Waals surface area contributed by atoms with E-state index in [1.807, 2.05) is 0 Å². The maximum atomic E-state index is 2.33. The van der Waals surface area contributed by atoms with E-state index >= 15 is 0 Å². The van der Waals surface area contributed by atoms with E-state index < -0.39 is 0 Å². The first kappa shape index (κ1) is 12.7. The molecule has 1 unspecified atom stereocenters. The summed E-state index contributed by atoms with van der Waals surface area (Å²) in [5.41, 5.74) is 3.25. The van der Waals surface area contributed by atoms with Crippen LogP contribution in [0.25, 0.3) is 0 Å². The lowest BCUT2D eigenvalue weighted by Gasteiger charge is -2.13. The summed E-state index contributed by atoms with van der Waals surface area (Å²) in [7, 11) is 0. The van der Waals surface area contributed by atoms with Crippen LogP contribution >= 0.6 is 0 Å². The van der Waals surface area contributed by atoms with Crippen molar-refractivity contribution in [1.29, 1.82) is 0 Å². The van der Waals surface area contributed by atoms with Gasteiger partial charge in [-0.05, 0) is 39.0 Å². The Morgan fingerprint density at radius 2 is 1.69 bits per heavy atom. The van der Waals surface area contributed by atoms with Crippen LogP contribution in [-0.4, -0.2) is 0 Å². The fourth-order valence-electron chi connectivity index (χ4n) is 1.56. The highest BCUT2D eigenvalue weighted by atomic mass is 14.1. The molecule has 0 aliphatic rings. The van der Waals surface area contributed by atoms with Crippen LogP contribution in [0.3, 0.4) is 0 Å². The lowest BCUT2D eigenvalue weighted by Crippen LogP contribution is -1.97. The summed E-state index contributed by atoms with van der Waals surface area (Å²) in [6.07, 6.45) is 6.66. The molecule has 0 radical (unpaired) electrons. The van der Waals surface area contributed by atoms with Gasteiger partial charge in [-0.3, -0.25) is 0 Å². The Morgan fingerprint density at radius 3 is 2.15 bits per heavy atom. The number of allylic oxidation sites excluding steroid dienone is 2. The molecule has 0 rings (SSSR count). The molecular weight excluding hydrogens is 156 g/mol. The molecule has 0 heteroatoms. The molecule has 0 saturated heterocycles. The summed E-state index contributed by atoms with van der Waals surface area (Å²) in [5.74, 6) is 0.779. The molecule has 0 N–H and O–H groups in total. The third-order valence-corrected chi connectivity index (χ3v) is 3.18. The molecule has 0 aromatic heterocycles. The Hall–Kier alpha value is -0.260. The average molecular weight is 182 g/mol. The van der Waals surface area contributed by atoms with Gasteiger partial charge in [-0.2, -0.15) is 0 Å². The maximum Gasteiger partial charge on any atom is -0.0234 e. The van der Waals surface area contributed by atoms with Gasteiger partial charge in [-0.1, -0.05) is 44.8 Å². The van der Waals surface area contributed by atoms with Crippen molar-refractivity contribution in [3.8, 4) is 0 Å². The molecule has 0 aliphatic carbocycles. The second kappa shape index (κ2) is 7.17. The molecule has 0 nitrogen and oxygen atoms in total.